The van der Waals surface area contributed by atoms with E-state index in [9.17, 15) is 13.9 Å². The lowest BCUT2D eigenvalue weighted by atomic mass is 10.0. The number of halogens is 2. The van der Waals surface area contributed by atoms with Crippen LogP contribution in [-0.2, 0) is 12.8 Å². The normalized spacial score (nSPS) is 12.9. The molecular formula is C15H18F2N2O. The molecular weight excluding hydrogens is 262 g/mol. The van der Waals surface area contributed by atoms with Crippen LogP contribution in [0.25, 0.3) is 0 Å². The summed E-state index contributed by atoms with van der Waals surface area (Å²) in [5.41, 5.74) is 0.920. The van der Waals surface area contributed by atoms with Crippen molar-refractivity contribution in [2.24, 2.45) is 0 Å². The van der Waals surface area contributed by atoms with Gasteiger partial charge in [-0.15, -0.1) is 0 Å². The molecule has 1 N–H and O–H groups in total. The Hall–Kier alpha value is -1.75. The van der Waals surface area contributed by atoms with E-state index in [2.05, 4.69) is 5.10 Å². The minimum absolute atomic E-state index is 0.0676. The molecule has 0 aliphatic heterocycles. The third-order valence-electron chi connectivity index (χ3n) is 3.12. The number of hydrogen-bond donors (Lipinski definition) is 1. The van der Waals surface area contributed by atoms with Gasteiger partial charge in [0, 0.05) is 25.1 Å². The van der Waals surface area contributed by atoms with Crippen molar-refractivity contribution in [3.63, 3.8) is 0 Å². The number of hydrogen-bond acceptors (Lipinski definition) is 2. The molecule has 2 aromatic rings. The zero-order chi connectivity index (χ0) is 14.7. The number of aliphatic hydroxyl groups is 1. The maximum Gasteiger partial charge on any atom is 0.162 e. The molecule has 1 heterocycles. The smallest absolute Gasteiger partial charge is 0.162 e. The molecule has 20 heavy (non-hydrogen) atoms. The second-order valence-electron chi connectivity index (χ2n) is 5.16. The van der Waals surface area contributed by atoms with E-state index in [0.717, 1.165) is 11.8 Å². The van der Waals surface area contributed by atoms with E-state index in [0.29, 0.717) is 6.42 Å². The lowest BCUT2D eigenvalue weighted by Crippen LogP contribution is -2.16. The van der Waals surface area contributed by atoms with Gasteiger partial charge in [0.25, 0.3) is 0 Å². The summed E-state index contributed by atoms with van der Waals surface area (Å²) in [6.45, 7) is 4.02. The van der Waals surface area contributed by atoms with Crippen LogP contribution in [0.3, 0.4) is 0 Å². The summed E-state index contributed by atoms with van der Waals surface area (Å²) in [5.74, 6) is -1.78. The van der Waals surface area contributed by atoms with Crippen LogP contribution in [0, 0.1) is 11.6 Å². The average molecular weight is 280 g/mol. The van der Waals surface area contributed by atoms with Crippen molar-refractivity contribution in [3.05, 3.63) is 53.4 Å². The van der Waals surface area contributed by atoms with Gasteiger partial charge in [0.2, 0.25) is 0 Å². The summed E-state index contributed by atoms with van der Waals surface area (Å²) in [7, 11) is 0. The molecule has 0 spiro atoms. The minimum atomic E-state index is -0.890. The van der Waals surface area contributed by atoms with Gasteiger partial charge >= 0.3 is 0 Å². The molecule has 108 valence electrons. The Balaban J connectivity index is 2.01. The van der Waals surface area contributed by atoms with Gasteiger partial charge in [-0.1, -0.05) is 12.1 Å². The summed E-state index contributed by atoms with van der Waals surface area (Å²) in [5, 5.41) is 14.3. The van der Waals surface area contributed by atoms with Crippen LogP contribution in [0.5, 0.6) is 0 Å². The van der Waals surface area contributed by atoms with E-state index in [1.807, 2.05) is 26.1 Å². The maximum absolute atomic E-state index is 13.5. The third-order valence-corrected chi connectivity index (χ3v) is 3.12. The molecule has 0 saturated carbocycles. The van der Waals surface area contributed by atoms with Crippen molar-refractivity contribution in [1.82, 2.24) is 9.78 Å². The number of nitrogens with zero attached hydrogens (tertiary/aromatic N) is 2. The molecule has 0 aliphatic carbocycles. The number of rotatable bonds is 5. The van der Waals surface area contributed by atoms with Gasteiger partial charge in [0.1, 0.15) is 0 Å². The highest BCUT2D eigenvalue weighted by molar-refractivity contribution is 5.20. The second kappa shape index (κ2) is 6.13. The standard InChI is InChI=1S/C15H18F2N2O/c1-10(2)19-7-6-12(18-19)9-13(20)8-11-4-3-5-14(16)15(11)17/h3-7,10,13,20H,8-9H2,1-2H3. The predicted octanol–water partition coefficient (Wildman–Crippen LogP) is 2.89. The summed E-state index contributed by atoms with van der Waals surface area (Å²) in [6.07, 6.45) is 1.44. The van der Waals surface area contributed by atoms with E-state index in [-0.39, 0.29) is 18.0 Å². The lowest BCUT2D eigenvalue weighted by Gasteiger charge is -2.10. The van der Waals surface area contributed by atoms with E-state index >= 15 is 0 Å². The van der Waals surface area contributed by atoms with Crippen LogP contribution < -0.4 is 0 Å². The molecule has 2 rings (SSSR count). The highest BCUT2D eigenvalue weighted by Crippen LogP contribution is 2.15. The van der Waals surface area contributed by atoms with Crippen LogP contribution in [-0.4, -0.2) is 21.0 Å². The van der Waals surface area contributed by atoms with Gasteiger partial charge in [0.05, 0.1) is 11.8 Å². The Morgan fingerprint density at radius 1 is 1.20 bits per heavy atom. The Morgan fingerprint density at radius 3 is 2.60 bits per heavy atom. The maximum atomic E-state index is 13.5. The quantitative estimate of drug-likeness (QED) is 0.914. The van der Waals surface area contributed by atoms with Crippen LogP contribution in [0.15, 0.2) is 30.5 Å². The molecule has 0 aliphatic rings. The largest absolute Gasteiger partial charge is 0.392 e. The zero-order valence-corrected chi connectivity index (χ0v) is 11.6. The monoisotopic (exact) mass is 280 g/mol. The molecule has 3 nitrogen and oxygen atoms in total. The van der Waals surface area contributed by atoms with Gasteiger partial charge in [-0.05, 0) is 31.5 Å². The molecule has 1 unspecified atom stereocenters. The van der Waals surface area contributed by atoms with E-state index in [1.165, 1.54) is 12.1 Å². The molecule has 1 aromatic heterocycles. The molecule has 1 aromatic carbocycles. The lowest BCUT2D eigenvalue weighted by molar-refractivity contribution is 0.172. The summed E-state index contributed by atoms with van der Waals surface area (Å²) >= 11 is 0. The van der Waals surface area contributed by atoms with Crippen molar-refractivity contribution >= 4 is 0 Å². The van der Waals surface area contributed by atoms with E-state index < -0.39 is 17.7 Å². The first-order valence-electron chi connectivity index (χ1n) is 6.62. The fraction of sp³-hybridized carbons (Fsp3) is 0.400. The fourth-order valence-electron chi connectivity index (χ4n) is 2.05. The Labute approximate surface area is 116 Å². The van der Waals surface area contributed by atoms with Gasteiger partial charge in [-0.3, -0.25) is 4.68 Å². The van der Waals surface area contributed by atoms with Crippen LogP contribution in [0.1, 0.15) is 31.1 Å². The summed E-state index contributed by atoms with van der Waals surface area (Å²) in [6, 6.07) is 6.06. The topological polar surface area (TPSA) is 38.0 Å². The highest BCUT2D eigenvalue weighted by atomic mass is 19.2. The molecule has 5 heteroatoms. The molecule has 0 amide bonds. The summed E-state index contributed by atoms with van der Waals surface area (Å²) < 4.78 is 28.4. The van der Waals surface area contributed by atoms with Gasteiger partial charge in [-0.25, -0.2) is 8.78 Å². The predicted molar refractivity (Wildman–Crippen MR) is 72.4 cm³/mol. The fourth-order valence-corrected chi connectivity index (χ4v) is 2.05. The van der Waals surface area contributed by atoms with Crippen LogP contribution >= 0.6 is 0 Å². The van der Waals surface area contributed by atoms with Gasteiger partial charge in [0.15, 0.2) is 11.6 Å². The Morgan fingerprint density at radius 2 is 1.95 bits per heavy atom. The third kappa shape index (κ3) is 3.42. The number of benzene rings is 1. The first-order chi connectivity index (χ1) is 9.47. The first kappa shape index (κ1) is 14.7. The Kier molecular flexibility index (Phi) is 4.49. The molecule has 1 atom stereocenters. The molecule has 0 fully saturated rings. The van der Waals surface area contributed by atoms with Crippen molar-refractivity contribution in [2.45, 2.75) is 38.8 Å². The molecule has 0 radical (unpaired) electrons. The highest BCUT2D eigenvalue weighted by Gasteiger charge is 2.14. The Bertz CT molecular complexity index is 581. The SMILES string of the molecule is CC(C)n1ccc(CC(O)Cc2cccc(F)c2F)n1. The zero-order valence-electron chi connectivity index (χ0n) is 11.6. The van der Waals surface area contributed by atoms with E-state index in [4.69, 9.17) is 0 Å². The first-order valence-corrected chi connectivity index (χ1v) is 6.62. The molecule has 0 bridgehead atoms. The van der Waals surface area contributed by atoms with Crippen LogP contribution in [0.2, 0.25) is 0 Å². The van der Waals surface area contributed by atoms with Crippen LogP contribution in [0.4, 0.5) is 8.78 Å². The van der Waals surface area contributed by atoms with Gasteiger partial charge in [-0.2, -0.15) is 5.10 Å². The molecule has 0 saturated heterocycles. The average Bonchev–Trinajstić information content (AvgIpc) is 2.83. The van der Waals surface area contributed by atoms with Gasteiger partial charge < -0.3 is 5.11 Å². The van der Waals surface area contributed by atoms with E-state index in [1.54, 1.807) is 4.68 Å². The van der Waals surface area contributed by atoms with Crippen molar-refractivity contribution in [1.29, 1.82) is 0 Å². The van der Waals surface area contributed by atoms with Crippen molar-refractivity contribution < 1.29 is 13.9 Å². The van der Waals surface area contributed by atoms with Crippen molar-refractivity contribution in [3.8, 4) is 0 Å². The van der Waals surface area contributed by atoms with Crippen molar-refractivity contribution in [2.75, 3.05) is 0 Å². The number of aromatic nitrogens is 2. The number of aliphatic hydroxyl groups excluding tert-OH is 1. The minimum Gasteiger partial charge on any atom is -0.392 e. The summed E-state index contributed by atoms with van der Waals surface area (Å²) in [4.78, 5) is 0. The second-order valence-corrected chi connectivity index (χ2v) is 5.16.